The normalized spacial score (nSPS) is 13.5. The van der Waals surface area contributed by atoms with E-state index in [0.29, 0.717) is 6.61 Å². The van der Waals surface area contributed by atoms with Crippen LogP contribution in [0.1, 0.15) is 6.92 Å². The van der Waals surface area contributed by atoms with Gasteiger partial charge >= 0.3 is 0 Å². The lowest BCUT2D eigenvalue weighted by Gasteiger charge is -2.13. The predicted molar refractivity (Wildman–Crippen MR) is 46.0 cm³/mol. The van der Waals surface area contributed by atoms with E-state index in [0.717, 1.165) is 12.4 Å². The van der Waals surface area contributed by atoms with Gasteiger partial charge in [0.25, 0.3) is 0 Å². The van der Waals surface area contributed by atoms with Crippen LogP contribution in [0, 0.1) is 0 Å². The lowest BCUT2D eigenvalue weighted by atomic mass is 10.4. The zero-order valence-electron chi connectivity index (χ0n) is 6.59. The van der Waals surface area contributed by atoms with Crippen LogP contribution >= 0.6 is 11.8 Å². The van der Waals surface area contributed by atoms with E-state index < -0.39 is 0 Å². The summed E-state index contributed by atoms with van der Waals surface area (Å²) in [6.07, 6.45) is 2.05. The molecule has 0 aromatic heterocycles. The van der Waals surface area contributed by atoms with Crippen LogP contribution in [0.25, 0.3) is 0 Å². The fourth-order valence-electron chi connectivity index (χ4n) is 0.606. The highest BCUT2D eigenvalue weighted by Crippen LogP contribution is 1.96. The summed E-state index contributed by atoms with van der Waals surface area (Å²) in [7, 11) is 0. The van der Waals surface area contributed by atoms with E-state index in [1.165, 1.54) is 0 Å². The van der Waals surface area contributed by atoms with Crippen LogP contribution in [-0.2, 0) is 4.74 Å². The lowest BCUT2D eigenvalue weighted by molar-refractivity contribution is 0.129. The van der Waals surface area contributed by atoms with Crippen molar-refractivity contribution in [2.24, 2.45) is 5.84 Å². The smallest absolute Gasteiger partial charge is 0.0641 e. The Kier molecular flexibility index (Phi) is 7.51. The van der Waals surface area contributed by atoms with E-state index in [1.807, 2.05) is 6.92 Å². The standard InChI is InChI=1S/C6H16N2OS/c1-3-9-4-6(8-7)5-10-2/h6,8H,3-5,7H2,1-2H3. The number of nitrogens with two attached hydrogens (primary N) is 1. The van der Waals surface area contributed by atoms with Crippen LogP contribution in [0.15, 0.2) is 0 Å². The fraction of sp³-hybridized carbons (Fsp3) is 1.00. The van der Waals surface area contributed by atoms with Gasteiger partial charge in [-0.1, -0.05) is 0 Å². The molecular formula is C6H16N2OS. The Morgan fingerprint density at radius 1 is 1.70 bits per heavy atom. The minimum absolute atomic E-state index is 0.287. The van der Waals surface area contributed by atoms with Crippen LogP contribution in [0.4, 0.5) is 0 Å². The molecule has 0 radical (unpaired) electrons. The summed E-state index contributed by atoms with van der Waals surface area (Å²) in [6, 6.07) is 0.287. The Morgan fingerprint density at radius 2 is 2.40 bits per heavy atom. The van der Waals surface area contributed by atoms with Gasteiger partial charge in [0, 0.05) is 12.4 Å². The van der Waals surface area contributed by atoms with Gasteiger partial charge in [-0.05, 0) is 13.2 Å². The van der Waals surface area contributed by atoms with E-state index in [1.54, 1.807) is 11.8 Å². The molecule has 0 heterocycles. The summed E-state index contributed by atoms with van der Waals surface area (Å²) in [5.41, 5.74) is 2.69. The van der Waals surface area contributed by atoms with Gasteiger partial charge in [-0.25, -0.2) is 0 Å². The maximum atomic E-state index is 5.26. The molecule has 10 heavy (non-hydrogen) atoms. The first-order valence-electron chi connectivity index (χ1n) is 3.38. The van der Waals surface area contributed by atoms with E-state index in [4.69, 9.17) is 10.6 Å². The molecule has 0 aliphatic rings. The maximum Gasteiger partial charge on any atom is 0.0641 e. The first-order valence-corrected chi connectivity index (χ1v) is 4.77. The van der Waals surface area contributed by atoms with Crippen molar-refractivity contribution >= 4 is 11.8 Å². The van der Waals surface area contributed by atoms with Crippen molar-refractivity contribution in [2.45, 2.75) is 13.0 Å². The quantitative estimate of drug-likeness (QED) is 0.435. The summed E-state index contributed by atoms with van der Waals surface area (Å²) in [6.45, 7) is 3.44. The fourth-order valence-corrected chi connectivity index (χ4v) is 1.20. The predicted octanol–water partition coefficient (Wildman–Crippen LogP) is 0.218. The third kappa shape index (κ3) is 5.05. The molecule has 0 aromatic carbocycles. The number of ether oxygens (including phenoxy) is 1. The van der Waals surface area contributed by atoms with Crippen molar-refractivity contribution < 1.29 is 4.74 Å². The molecule has 0 aliphatic heterocycles. The average molecular weight is 164 g/mol. The third-order valence-corrected chi connectivity index (χ3v) is 1.86. The monoisotopic (exact) mass is 164 g/mol. The van der Waals surface area contributed by atoms with Crippen LogP contribution in [0.2, 0.25) is 0 Å². The van der Waals surface area contributed by atoms with Crippen LogP contribution < -0.4 is 11.3 Å². The largest absolute Gasteiger partial charge is 0.380 e. The molecule has 0 rings (SSSR count). The molecule has 4 heteroatoms. The Bertz CT molecular complexity index is 72.8. The van der Waals surface area contributed by atoms with Crippen LogP contribution in [0.5, 0.6) is 0 Å². The molecule has 0 aromatic rings. The minimum atomic E-state index is 0.287. The Morgan fingerprint density at radius 3 is 2.80 bits per heavy atom. The second kappa shape index (κ2) is 7.34. The maximum absolute atomic E-state index is 5.26. The van der Waals surface area contributed by atoms with Crippen LogP contribution in [-0.4, -0.2) is 31.3 Å². The topological polar surface area (TPSA) is 47.3 Å². The summed E-state index contributed by atoms with van der Waals surface area (Å²) >= 11 is 1.76. The Balaban J connectivity index is 3.21. The van der Waals surface area contributed by atoms with Gasteiger partial charge in [0.15, 0.2) is 0 Å². The highest BCUT2D eigenvalue weighted by molar-refractivity contribution is 7.98. The molecule has 0 bridgehead atoms. The summed E-state index contributed by atoms with van der Waals surface area (Å²) < 4.78 is 5.18. The molecule has 0 fully saturated rings. The van der Waals surface area contributed by atoms with E-state index in [2.05, 4.69) is 11.7 Å². The number of hydrogen-bond donors (Lipinski definition) is 2. The molecule has 62 valence electrons. The van der Waals surface area contributed by atoms with Crippen molar-refractivity contribution in [3.8, 4) is 0 Å². The van der Waals surface area contributed by atoms with E-state index in [9.17, 15) is 0 Å². The number of hydrazine groups is 1. The molecule has 3 N–H and O–H groups in total. The van der Waals surface area contributed by atoms with Crippen molar-refractivity contribution in [2.75, 3.05) is 25.2 Å². The number of rotatable bonds is 6. The van der Waals surface area contributed by atoms with Gasteiger partial charge in [0.05, 0.1) is 12.6 Å². The zero-order valence-corrected chi connectivity index (χ0v) is 7.41. The summed E-state index contributed by atoms with van der Waals surface area (Å²) in [5, 5.41) is 0. The molecular weight excluding hydrogens is 148 g/mol. The van der Waals surface area contributed by atoms with Gasteiger partial charge in [0.2, 0.25) is 0 Å². The molecule has 0 saturated heterocycles. The highest BCUT2D eigenvalue weighted by atomic mass is 32.2. The summed E-state index contributed by atoms with van der Waals surface area (Å²) in [5.74, 6) is 6.25. The SMILES string of the molecule is CCOCC(CSC)NN. The molecule has 1 atom stereocenters. The first kappa shape index (κ1) is 10.2. The van der Waals surface area contributed by atoms with Gasteiger partial charge < -0.3 is 4.74 Å². The molecule has 0 aliphatic carbocycles. The third-order valence-electron chi connectivity index (χ3n) is 1.13. The van der Waals surface area contributed by atoms with Crippen molar-refractivity contribution in [1.82, 2.24) is 5.43 Å². The van der Waals surface area contributed by atoms with Crippen molar-refractivity contribution in [1.29, 1.82) is 0 Å². The Hall–Kier alpha value is 0.230. The van der Waals surface area contributed by atoms with E-state index in [-0.39, 0.29) is 6.04 Å². The van der Waals surface area contributed by atoms with Gasteiger partial charge in [-0.15, -0.1) is 0 Å². The number of nitrogens with one attached hydrogen (secondary N) is 1. The molecule has 0 saturated carbocycles. The number of hydrogen-bond acceptors (Lipinski definition) is 4. The Labute approximate surface area is 66.7 Å². The number of thioether (sulfide) groups is 1. The summed E-state index contributed by atoms with van der Waals surface area (Å²) in [4.78, 5) is 0. The minimum Gasteiger partial charge on any atom is -0.380 e. The zero-order chi connectivity index (χ0) is 7.82. The molecule has 0 amide bonds. The molecule has 1 unspecified atom stereocenters. The first-order chi connectivity index (χ1) is 4.85. The molecule has 0 spiro atoms. The van der Waals surface area contributed by atoms with Crippen molar-refractivity contribution in [3.63, 3.8) is 0 Å². The van der Waals surface area contributed by atoms with Gasteiger partial charge in [-0.2, -0.15) is 11.8 Å². The second-order valence-corrected chi connectivity index (χ2v) is 2.89. The highest BCUT2D eigenvalue weighted by Gasteiger charge is 2.03. The lowest BCUT2D eigenvalue weighted by Crippen LogP contribution is -2.40. The average Bonchev–Trinajstić information content (AvgIpc) is 1.98. The van der Waals surface area contributed by atoms with Crippen LogP contribution in [0.3, 0.4) is 0 Å². The molecule has 3 nitrogen and oxygen atoms in total. The van der Waals surface area contributed by atoms with Crippen molar-refractivity contribution in [3.05, 3.63) is 0 Å². The van der Waals surface area contributed by atoms with Gasteiger partial charge in [-0.3, -0.25) is 11.3 Å². The second-order valence-electron chi connectivity index (χ2n) is 1.98. The van der Waals surface area contributed by atoms with E-state index >= 15 is 0 Å². The van der Waals surface area contributed by atoms with Gasteiger partial charge in [0.1, 0.15) is 0 Å².